The maximum absolute atomic E-state index is 13.6. The lowest BCUT2D eigenvalue weighted by atomic mass is 10.0. The minimum absolute atomic E-state index is 0.132. The Hall–Kier alpha value is -4.70. The van der Waals surface area contributed by atoms with Gasteiger partial charge in [0.05, 0.1) is 30.3 Å². The molecular formula is C28H26N4O5S. The summed E-state index contributed by atoms with van der Waals surface area (Å²) in [4.78, 5) is 19.5. The lowest BCUT2D eigenvalue weighted by Gasteiger charge is -2.08. The van der Waals surface area contributed by atoms with Gasteiger partial charge in [-0.25, -0.2) is 17.4 Å². The van der Waals surface area contributed by atoms with E-state index in [2.05, 4.69) is 16.6 Å². The number of methoxy groups -OCH3 is 1. The predicted molar refractivity (Wildman–Crippen MR) is 148 cm³/mol. The molecule has 0 spiro atoms. The van der Waals surface area contributed by atoms with Crippen LogP contribution in [0.25, 0.3) is 27.9 Å². The molecule has 0 saturated carbocycles. The summed E-state index contributed by atoms with van der Waals surface area (Å²) >= 11 is 0. The molecule has 4 aromatic rings. The summed E-state index contributed by atoms with van der Waals surface area (Å²) in [6, 6.07) is 15.6. The highest BCUT2D eigenvalue weighted by Gasteiger charge is 2.24. The van der Waals surface area contributed by atoms with Crippen LogP contribution >= 0.6 is 0 Å². The van der Waals surface area contributed by atoms with Gasteiger partial charge in [0.1, 0.15) is 5.75 Å². The molecular weight excluding hydrogens is 504 g/mol. The number of carboxylic acids is 1. The Morgan fingerprint density at radius 3 is 2.58 bits per heavy atom. The number of benzene rings is 2. The third-order valence-corrected chi connectivity index (χ3v) is 7.43. The third-order valence-electron chi connectivity index (χ3n) is 5.77. The van der Waals surface area contributed by atoms with Gasteiger partial charge in [-0.15, -0.1) is 0 Å². The first-order chi connectivity index (χ1) is 18.1. The minimum atomic E-state index is -3.97. The molecule has 0 bridgehead atoms. The van der Waals surface area contributed by atoms with Crippen molar-refractivity contribution in [2.75, 3.05) is 7.11 Å². The molecule has 0 aliphatic rings. The van der Waals surface area contributed by atoms with Crippen LogP contribution in [0.4, 0.5) is 0 Å². The number of aliphatic carboxylic acids is 1. The minimum Gasteiger partial charge on any atom is -0.496 e. The Morgan fingerprint density at radius 1 is 1.18 bits per heavy atom. The Labute approximate surface area is 220 Å². The average molecular weight is 531 g/mol. The molecule has 194 valence electrons. The number of hydrogen-bond donors (Lipinski definition) is 2. The van der Waals surface area contributed by atoms with E-state index in [1.807, 2.05) is 25.1 Å². The molecule has 4 rings (SSSR count). The Balaban J connectivity index is 1.88. The van der Waals surface area contributed by atoms with E-state index in [0.29, 0.717) is 33.4 Å². The zero-order valence-electron chi connectivity index (χ0n) is 20.8. The summed E-state index contributed by atoms with van der Waals surface area (Å²) < 4.78 is 34.0. The SMILES string of the molecule is C=C(C=N/C=C(\N)c1cnc2c(c1)c(-c1ccccc1OC)cn2S(=O)(=O)c1ccc(C)cc1)CC(=O)O. The van der Waals surface area contributed by atoms with E-state index in [1.54, 1.807) is 43.5 Å². The first kappa shape index (κ1) is 26.4. The van der Waals surface area contributed by atoms with Crippen LogP contribution < -0.4 is 10.5 Å². The average Bonchev–Trinajstić information content (AvgIpc) is 3.28. The topological polar surface area (TPSA) is 137 Å². The normalized spacial score (nSPS) is 12.2. The van der Waals surface area contributed by atoms with Crippen LogP contribution in [-0.4, -0.2) is 41.8 Å². The van der Waals surface area contributed by atoms with Gasteiger partial charge in [-0.3, -0.25) is 9.79 Å². The summed E-state index contributed by atoms with van der Waals surface area (Å²) in [6.07, 6.45) is 5.43. The van der Waals surface area contributed by atoms with Crippen molar-refractivity contribution in [1.29, 1.82) is 0 Å². The molecule has 2 aromatic heterocycles. The lowest BCUT2D eigenvalue weighted by Crippen LogP contribution is -2.12. The molecule has 0 fully saturated rings. The number of carboxylic acid groups (broad SMARTS) is 1. The van der Waals surface area contributed by atoms with Crippen molar-refractivity contribution in [2.45, 2.75) is 18.2 Å². The van der Waals surface area contributed by atoms with Gasteiger partial charge in [-0.1, -0.05) is 42.5 Å². The van der Waals surface area contributed by atoms with Gasteiger partial charge in [0.15, 0.2) is 5.65 Å². The highest BCUT2D eigenvalue weighted by molar-refractivity contribution is 7.90. The summed E-state index contributed by atoms with van der Waals surface area (Å²) in [5.41, 5.74) is 9.73. The number of rotatable bonds is 9. The van der Waals surface area contributed by atoms with Crippen molar-refractivity contribution in [3.05, 3.63) is 96.5 Å². The van der Waals surface area contributed by atoms with Gasteiger partial charge in [0.2, 0.25) is 0 Å². The first-order valence-electron chi connectivity index (χ1n) is 11.5. The number of aryl methyl sites for hydroxylation is 1. The number of ether oxygens (including phenoxy) is 1. The lowest BCUT2D eigenvalue weighted by molar-refractivity contribution is -0.136. The number of carbonyl (C=O) groups is 1. The van der Waals surface area contributed by atoms with Gasteiger partial charge in [-0.05, 0) is 36.8 Å². The van der Waals surface area contributed by atoms with Gasteiger partial charge in [-0.2, -0.15) is 0 Å². The van der Waals surface area contributed by atoms with Crippen molar-refractivity contribution in [3.8, 4) is 16.9 Å². The Morgan fingerprint density at radius 2 is 1.89 bits per heavy atom. The quantitative estimate of drug-likeness (QED) is 0.301. The second-order valence-electron chi connectivity index (χ2n) is 8.54. The number of aliphatic imine (C=N–C) groups is 1. The number of nitrogens with zero attached hydrogens (tertiary/aromatic N) is 3. The number of para-hydroxylation sites is 1. The smallest absolute Gasteiger partial charge is 0.307 e. The van der Waals surface area contributed by atoms with Crippen LogP contribution in [0.2, 0.25) is 0 Å². The molecule has 0 atom stereocenters. The van der Waals surface area contributed by atoms with Crippen molar-refractivity contribution < 1.29 is 23.1 Å². The van der Waals surface area contributed by atoms with E-state index in [4.69, 9.17) is 15.6 Å². The second kappa shape index (κ2) is 10.7. The maximum atomic E-state index is 13.6. The summed E-state index contributed by atoms with van der Waals surface area (Å²) in [6.45, 7) is 5.52. The predicted octanol–water partition coefficient (Wildman–Crippen LogP) is 4.62. The molecule has 2 heterocycles. The zero-order valence-corrected chi connectivity index (χ0v) is 21.6. The van der Waals surface area contributed by atoms with Crippen molar-refractivity contribution in [2.24, 2.45) is 10.7 Å². The number of aromatic nitrogens is 2. The van der Waals surface area contributed by atoms with Gasteiger partial charge in [0.25, 0.3) is 10.0 Å². The molecule has 0 aliphatic carbocycles. The first-order valence-corrected chi connectivity index (χ1v) is 12.9. The highest BCUT2D eigenvalue weighted by atomic mass is 32.2. The van der Waals surface area contributed by atoms with Crippen molar-refractivity contribution >= 4 is 38.9 Å². The van der Waals surface area contributed by atoms with E-state index < -0.39 is 16.0 Å². The standard InChI is InChI=1S/C28H26N4O5S/c1-18-8-10-21(11-9-18)38(35,36)32-17-24(22-6-4-5-7-26(22)37-3)23-13-20(15-31-28(23)32)25(29)16-30-14-19(2)12-27(33)34/h4-11,13-17H,2,12,29H2,1,3H3,(H,33,34)/b25-16-,30-14?. The molecule has 2 aromatic carbocycles. The molecule has 0 unspecified atom stereocenters. The van der Waals surface area contributed by atoms with E-state index in [9.17, 15) is 13.2 Å². The Bertz CT molecular complexity index is 1700. The third kappa shape index (κ3) is 5.35. The largest absolute Gasteiger partial charge is 0.496 e. The van der Waals surface area contributed by atoms with E-state index in [1.165, 1.54) is 24.8 Å². The molecule has 9 nitrogen and oxygen atoms in total. The molecule has 38 heavy (non-hydrogen) atoms. The van der Waals surface area contributed by atoms with Gasteiger partial charge < -0.3 is 15.6 Å². The highest BCUT2D eigenvalue weighted by Crippen LogP contribution is 2.37. The van der Waals surface area contributed by atoms with E-state index in [0.717, 1.165) is 9.54 Å². The van der Waals surface area contributed by atoms with Crippen LogP contribution in [0.15, 0.2) is 95.2 Å². The fourth-order valence-corrected chi connectivity index (χ4v) is 5.19. The molecule has 10 heteroatoms. The number of pyridine rings is 1. The number of nitrogens with two attached hydrogens (primary N) is 1. The van der Waals surface area contributed by atoms with Crippen LogP contribution in [-0.2, 0) is 14.8 Å². The molecule has 0 aliphatic heterocycles. The number of hydrogen-bond acceptors (Lipinski definition) is 7. The van der Waals surface area contributed by atoms with Crippen LogP contribution in [0.3, 0.4) is 0 Å². The van der Waals surface area contributed by atoms with E-state index >= 15 is 0 Å². The van der Waals surface area contributed by atoms with Crippen molar-refractivity contribution in [3.63, 3.8) is 0 Å². The molecule has 0 radical (unpaired) electrons. The summed E-state index contributed by atoms with van der Waals surface area (Å²) in [7, 11) is -2.43. The van der Waals surface area contributed by atoms with Crippen molar-refractivity contribution in [1.82, 2.24) is 8.96 Å². The van der Waals surface area contributed by atoms with Crippen LogP contribution in [0.5, 0.6) is 5.75 Å². The summed E-state index contributed by atoms with van der Waals surface area (Å²) in [5.74, 6) is -0.447. The number of fused-ring (bicyclic) bond motifs is 1. The maximum Gasteiger partial charge on any atom is 0.307 e. The van der Waals surface area contributed by atoms with Gasteiger partial charge >= 0.3 is 5.97 Å². The fraction of sp³-hybridized carbons (Fsp3) is 0.107. The van der Waals surface area contributed by atoms with Crippen LogP contribution in [0, 0.1) is 6.92 Å². The van der Waals surface area contributed by atoms with Crippen LogP contribution in [0.1, 0.15) is 17.5 Å². The van der Waals surface area contributed by atoms with E-state index in [-0.39, 0.29) is 22.7 Å². The molecule has 3 N–H and O–H groups in total. The van der Waals surface area contributed by atoms with Gasteiger partial charge in [0, 0.05) is 40.7 Å². The molecule has 0 amide bonds. The molecule has 0 saturated heterocycles. The zero-order chi connectivity index (χ0) is 27.4. The Kier molecular flexibility index (Phi) is 7.45. The fourth-order valence-electron chi connectivity index (χ4n) is 3.86. The summed E-state index contributed by atoms with van der Waals surface area (Å²) in [5, 5.41) is 9.39. The monoisotopic (exact) mass is 530 g/mol. The second-order valence-corrected chi connectivity index (χ2v) is 10.4.